The quantitative estimate of drug-likeness (QED) is 0.770. The van der Waals surface area contributed by atoms with E-state index in [-0.39, 0.29) is 5.75 Å². The van der Waals surface area contributed by atoms with Crippen molar-refractivity contribution in [1.82, 2.24) is 4.98 Å². The highest BCUT2D eigenvalue weighted by molar-refractivity contribution is 6.48. The van der Waals surface area contributed by atoms with Gasteiger partial charge >= 0.3 is 0 Å². The lowest BCUT2D eigenvalue weighted by atomic mass is 10.1. The van der Waals surface area contributed by atoms with Gasteiger partial charge in [0, 0.05) is 11.8 Å². The summed E-state index contributed by atoms with van der Waals surface area (Å²) in [4.78, 5) is 4.11. The molecule has 0 aliphatic carbocycles. The fourth-order valence-electron chi connectivity index (χ4n) is 1.45. The molecule has 0 atom stereocenters. The summed E-state index contributed by atoms with van der Waals surface area (Å²) in [7, 11) is 0. The van der Waals surface area contributed by atoms with Gasteiger partial charge in [-0.05, 0) is 30.7 Å². The molecule has 0 saturated carbocycles. The monoisotopic (exact) mass is 287 g/mol. The van der Waals surface area contributed by atoms with Crippen LogP contribution in [0.25, 0.3) is 11.3 Å². The number of nitrogens with zero attached hydrogens (tertiary/aromatic N) is 1. The molecule has 2 aromatic rings. The zero-order valence-electron chi connectivity index (χ0n) is 8.84. The Morgan fingerprint density at radius 3 is 2.29 bits per heavy atom. The van der Waals surface area contributed by atoms with Crippen molar-refractivity contribution in [1.29, 1.82) is 0 Å². The molecule has 0 aliphatic rings. The molecule has 0 unspecified atom stereocenters. The van der Waals surface area contributed by atoms with Gasteiger partial charge in [-0.1, -0.05) is 34.8 Å². The Hall–Kier alpha value is -0.960. The van der Waals surface area contributed by atoms with E-state index in [2.05, 4.69) is 4.98 Å². The molecule has 2 rings (SSSR count). The van der Waals surface area contributed by atoms with Crippen molar-refractivity contribution >= 4 is 34.8 Å². The zero-order chi connectivity index (χ0) is 12.6. The third-order valence-electron chi connectivity index (χ3n) is 2.38. The highest BCUT2D eigenvalue weighted by atomic mass is 35.5. The van der Waals surface area contributed by atoms with Crippen molar-refractivity contribution in [3.8, 4) is 17.0 Å². The molecule has 0 bridgehead atoms. The molecule has 88 valence electrons. The van der Waals surface area contributed by atoms with Crippen LogP contribution < -0.4 is 0 Å². The van der Waals surface area contributed by atoms with E-state index in [1.54, 1.807) is 31.3 Å². The largest absolute Gasteiger partial charge is 0.505 e. The molecule has 0 radical (unpaired) electrons. The lowest BCUT2D eigenvalue weighted by molar-refractivity contribution is 0.471. The number of aromatic hydroxyl groups is 1. The Labute approximate surface area is 114 Å². The summed E-state index contributed by atoms with van der Waals surface area (Å²) in [6, 6.07) is 4.96. The van der Waals surface area contributed by atoms with Crippen molar-refractivity contribution < 1.29 is 5.11 Å². The van der Waals surface area contributed by atoms with Gasteiger partial charge in [0.2, 0.25) is 0 Å². The van der Waals surface area contributed by atoms with E-state index < -0.39 is 0 Å². The number of rotatable bonds is 1. The maximum atomic E-state index is 9.92. The van der Waals surface area contributed by atoms with Crippen molar-refractivity contribution in [2.45, 2.75) is 6.92 Å². The van der Waals surface area contributed by atoms with Crippen LogP contribution in [0.3, 0.4) is 0 Å². The maximum Gasteiger partial charge on any atom is 0.144 e. The van der Waals surface area contributed by atoms with E-state index in [4.69, 9.17) is 34.8 Å². The van der Waals surface area contributed by atoms with Gasteiger partial charge in [-0.15, -0.1) is 0 Å². The van der Waals surface area contributed by atoms with Gasteiger partial charge in [0.1, 0.15) is 11.4 Å². The van der Waals surface area contributed by atoms with E-state index in [1.807, 2.05) is 0 Å². The third-order valence-corrected chi connectivity index (χ3v) is 3.58. The zero-order valence-corrected chi connectivity index (χ0v) is 11.1. The van der Waals surface area contributed by atoms with Crippen molar-refractivity contribution in [3.63, 3.8) is 0 Å². The number of benzene rings is 1. The first-order valence-corrected chi connectivity index (χ1v) is 5.93. The number of hydrogen-bond donors (Lipinski definition) is 1. The molecule has 0 saturated heterocycles. The second kappa shape index (κ2) is 4.73. The smallest absolute Gasteiger partial charge is 0.144 e. The highest BCUT2D eigenvalue weighted by Crippen LogP contribution is 2.37. The fourth-order valence-corrected chi connectivity index (χ4v) is 2.05. The Balaban J connectivity index is 2.65. The average Bonchev–Trinajstić information content (AvgIpc) is 2.29. The summed E-state index contributed by atoms with van der Waals surface area (Å²) in [6.07, 6.45) is 1.61. The summed E-state index contributed by atoms with van der Waals surface area (Å²) in [6.45, 7) is 1.79. The molecule has 2 nitrogen and oxygen atoms in total. The van der Waals surface area contributed by atoms with Gasteiger partial charge in [0.15, 0.2) is 0 Å². The first-order valence-electron chi connectivity index (χ1n) is 4.80. The fraction of sp³-hybridized carbons (Fsp3) is 0.0833. The average molecular weight is 289 g/mol. The Morgan fingerprint density at radius 2 is 1.71 bits per heavy atom. The molecule has 5 heteroatoms. The van der Waals surface area contributed by atoms with Gasteiger partial charge in [-0.25, -0.2) is 0 Å². The van der Waals surface area contributed by atoms with Crippen molar-refractivity contribution in [2.75, 3.05) is 0 Å². The topological polar surface area (TPSA) is 33.1 Å². The van der Waals surface area contributed by atoms with E-state index in [1.165, 1.54) is 0 Å². The Morgan fingerprint density at radius 1 is 1.12 bits per heavy atom. The predicted octanol–water partition coefficient (Wildman–Crippen LogP) is 4.72. The summed E-state index contributed by atoms with van der Waals surface area (Å²) in [5.41, 5.74) is 1.80. The van der Waals surface area contributed by atoms with Crippen LogP contribution in [0.2, 0.25) is 15.1 Å². The number of aromatic nitrogens is 1. The minimum Gasteiger partial charge on any atom is -0.505 e. The highest BCUT2D eigenvalue weighted by Gasteiger charge is 2.12. The van der Waals surface area contributed by atoms with Crippen LogP contribution in [-0.2, 0) is 0 Å². The second-order valence-electron chi connectivity index (χ2n) is 3.58. The molecule has 0 fully saturated rings. The maximum absolute atomic E-state index is 9.92. The molecule has 17 heavy (non-hydrogen) atoms. The van der Waals surface area contributed by atoms with Crippen LogP contribution in [0, 0.1) is 6.92 Å². The molecular formula is C12H8Cl3NO. The van der Waals surface area contributed by atoms with E-state index >= 15 is 0 Å². The van der Waals surface area contributed by atoms with Crippen LogP contribution in [0.15, 0.2) is 24.4 Å². The summed E-state index contributed by atoms with van der Waals surface area (Å²) in [5.74, 6) is 0.113. The second-order valence-corrected chi connectivity index (χ2v) is 4.77. The molecule has 0 amide bonds. The number of pyridine rings is 1. The number of hydrogen-bond acceptors (Lipinski definition) is 2. The van der Waals surface area contributed by atoms with Gasteiger partial charge < -0.3 is 5.11 Å². The Kier molecular flexibility index (Phi) is 3.48. The van der Waals surface area contributed by atoms with E-state index in [0.717, 1.165) is 5.56 Å². The molecule has 1 aromatic carbocycles. The lowest BCUT2D eigenvalue weighted by Crippen LogP contribution is -1.87. The summed E-state index contributed by atoms with van der Waals surface area (Å²) >= 11 is 17.7. The number of aryl methyl sites for hydroxylation is 1. The predicted molar refractivity (Wildman–Crippen MR) is 71.1 cm³/mol. The van der Waals surface area contributed by atoms with Crippen LogP contribution in [-0.4, -0.2) is 10.1 Å². The molecule has 1 N–H and O–H groups in total. The van der Waals surface area contributed by atoms with Gasteiger partial charge in [-0.2, -0.15) is 0 Å². The van der Waals surface area contributed by atoms with Crippen LogP contribution in [0.4, 0.5) is 0 Å². The summed E-state index contributed by atoms with van der Waals surface area (Å²) in [5, 5.41) is 10.9. The van der Waals surface area contributed by atoms with Crippen molar-refractivity contribution in [3.05, 3.63) is 45.0 Å². The molecule has 1 heterocycles. The minimum atomic E-state index is 0.113. The van der Waals surface area contributed by atoms with Crippen molar-refractivity contribution in [2.24, 2.45) is 0 Å². The van der Waals surface area contributed by atoms with Crippen LogP contribution >= 0.6 is 34.8 Å². The summed E-state index contributed by atoms with van der Waals surface area (Å²) < 4.78 is 0. The van der Waals surface area contributed by atoms with Crippen LogP contribution in [0.5, 0.6) is 5.75 Å². The Bertz CT molecular complexity index is 561. The van der Waals surface area contributed by atoms with Gasteiger partial charge in [0.05, 0.1) is 15.1 Å². The van der Waals surface area contributed by atoms with Gasteiger partial charge in [0.25, 0.3) is 0 Å². The molecular weight excluding hydrogens is 280 g/mol. The number of halogens is 3. The normalized spacial score (nSPS) is 10.6. The first kappa shape index (κ1) is 12.5. The SMILES string of the molecule is Cc1ccnc(-c2cc(Cl)c(Cl)c(Cl)c2)c1O. The minimum absolute atomic E-state index is 0.113. The van der Waals surface area contributed by atoms with Crippen LogP contribution in [0.1, 0.15) is 5.56 Å². The first-order chi connectivity index (χ1) is 8.00. The van der Waals surface area contributed by atoms with E-state index in [0.29, 0.717) is 26.3 Å². The molecule has 0 aliphatic heterocycles. The van der Waals surface area contributed by atoms with Gasteiger partial charge in [-0.3, -0.25) is 4.98 Å². The molecule has 0 spiro atoms. The lowest BCUT2D eigenvalue weighted by Gasteiger charge is -2.08. The third kappa shape index (κ3) is 2.34. The van der Waals surface area contributed by atoms with E-state index in [9.17, 15) is 5.11 Å². The molecule has 1 aromatic heterocycles. The standard InChI is InChI=1S/C12H8Cl3NO/c1-6-2-3-16-11(12(6)17)7-4-8(13)10(15)9(14)5-7/h2-5,17H,1H3.